The molecule has 3 nitrogen and oxygen atoms in total. The van der Waals surface area contributed by atoms with Crippen LogP contribution in [-0.2, 0) is 0 Å². The summed E-state index contributed by atoms with van der Waals surface area (Å²) in [6.45, 7) is 1.58. The first kappa shape index (κ1) is 8.10. The number of anilines is 1. The highest BCUT2D eigenvalue weighted by Crippen LogP contribution is 2.30. The molecule has 3 heteroatoms. The molecule has 1 aromatic carbocycles. The molecule has 0 radical (unpaired) electrons. The quantitative estimate of drug-likeness (QED) is 0.606. The minimum atomic E-state index is 0.691. The van der Waals surface area contributed by atoms with Gasteiger partial charge in [0.2, 0.25) is 0 Å². The highest BCUT2D eigenvalue weighted by molar-refractivity contribution is 5.79. The van der Waals surface area contributed by atoms with Crippen LogP contribution in [0.15, 0.2) is 18.2 Å². The Hall–Kier alpha value is -1.51. The molecule has 0 atom stereocenters. The van der Waals surface area contributed by atoms with E-state index in [1.807, 2.05) is 19.2 Å². The molecule has 0 N–H and O–H groups in total. The van der Waals surface area contributed by atoms with E-state index in [-0.39, 0.29) is 0 Å². The topological polar surface area (TPSA) is 29.5 Å². The molecule has 0 aromatic heterocycles. The van der Waals surface area contributed by atoms with E-state index in [2.05, 4.69) is 4.90 Å². The largest absolute Gasteiger partial charge is 0.490 e. The Bertz CT molecular complexity index is 336. The highest BCUT2D eigenvalue weighted by atomic mass is 16.5. The number of ether oxygens (including phenoxy) is 1. The number of nitrogens with zero attached hydrogens (tertiary/aromatic N) is 1. The van der Waals surface area contributed by atoms with Gasteiger partial charge in [-0.15, -0.1) is 0 Å². The van der Waals surface area contributed by atoms with Crippen LogP contribution < -0.4 is 9.64 Å². The van der Waals surface area contributed by atoms with Crippen molar-refractivity contribution in [3.8, 4) is 5.75 Å². The number of hydrogen-bond acceptors (Lipinski definition) is 3. The van der Waals surface area contributed by atoms with E-state index >= 15 is 0 Å². The van der Waals surface area contributed by atoms with E-state index in [1.54, 1.807) is 6.07 Å². The lowest BCUT2D eigenvalue weighted by Crippen LogP contribution is -2.28. The van der Waals surface area contributed by atoms with Gasteiger partial charge in [-0.2, -0.15) is 0 Å². The van der Waals surface area contributed by atoms with Gasteiger partial charge < -0.3 is 9.64 Å². The maximum absolute atomic E-state index is 10.5. The fraction of sp³-hybridized carbons (Fsp3) is 0.300. The third-order valence-electron chi connectivity index (χ3n) is 2.21. The van der Waals surface area contributed by atoms with Crippen LogP contribution in [0.4, 0.5) is 5.69 Å². The van der Waals surface area contributed by atoms with Crippen molar-refractivity contribution in [3.63, 3.8) is 0 Å². The van der Waals surface area contributed by atoms with Crippen molar-refractivity contribution >= 4 is 12.0 Å². The number of likely N-dealkylation sites (N-methyl/N-ethyl adjacent to an activating group) is 1. The lowest BCUT2D eigenvalue weighted by atomic mass is 10.2. The number of carbonyl (C=O) groups excluding carboxylic acids is 1. The van der Waals surface area contributed by atoms with Crippen LogP contribution in [0.25, 0.3) is 0 Å². The molecule has 0 saturated carbocycles. The van der Waals surface area contributed by atoms with Gasteiger partial charge in [0.1, 0.15) is 18.6 Å². The summed E-state index contributed by atoms with van der Waals surface area (Å²) >= 11 is 0. The van der Waals surface area contributed by atoms with Crippen LogP contribution >= 0.6 is 0 Å². The second kappa shape index (κ2) is 3.09. The van der Waals surface area contributed by atoms with Gasteiger partial charge in [0.05, 0.1) is 12.2 Å². The average molecular weight is 177 g/mol. The summed E-state index contributed by atoms with van der Waals surface area (Å²) in [6, 6.07) is 5.46. The Labute approximate surface area is 76.9 Å². The third-order valence-corrected chi connectivity index (χ3v) is 2.21. The Balaban J connectivity index is 2.46. The van der Waals surface area contributed by atoms with Crippen molar-refractivity contribution in [1.82, 2.24) is 0 Å². The van der Waals surface area contributed by atoms with E-state index in [1.165, 1.54) is 0 Å². The van der Waals surface area contributed by atoms with Crippen molar-refractivity contribution in [2.45, 2.75) is 0 Å². The summed E-state index contributed by atoms with van der Waals surface area (Å²) in [5.74, 6) is 0.861. The molecular formula is C10H11NO2. The van der Waals surface area contributed by atoms with E-state index in [4.69, 9.17) is 4.74 Å². The van der Waals surface area contributed by atoms with Gasteiger partial charge in [0.15, 0.2) is 0 Å². The Morgan fingerprint density at radius 3 is 3.15 bits per heavy atom. The number of carbonyl (C=O) groups is 1. The van der Waals surface area contributed by atoms with E-state index in [9.17, 15) is 4.79 Å². The number of fused-ring (bicyclic) bond motifs is 1. The van der Waals surface area contributed by atoms with Gasteiger partial charge in [-0.25, -0.2) is 0 Å². The zero-order chi connectivity index (χ0) is 9.26. The second-order valence-electron chi connectivity index (χ2n) is 3.12. The van der Waals surface area contributed by atoms with Crippen molar-refractivity contribution in [1.29, 1.82) is 0 Å². The highest BCUT2D eigenvalue weighted by Gasteiger charge is 2.14. The smallest absolute Gasteiger partial charge is 0.150 e. The summed E-state index contributed by atoms with van der Waals surface area (Å²) < 4.78 is 5.44. The second-order valence-corrected chi connectivity index (χ2v) is 3.12. The molecule has 0 aliphatic carbocycles. The van der Waals surface area contributed by atoms with Gasteiger partial charge in [0, 0.05) is 12.6 Å². The zero-order valence-electron chi connectivity index (χ0n) is 7.49. The predicted molar refractivity (Wildman–Crippen MR) is 50.6 cm³/mol. The molecule has 0 fully saturated rings. The van der Waals surface area contributed by atoms with Gasteiger partial charge in [-0.05, 0) is 18.2 Å². The molecule has 0 amide bonds. The summed E-state index contributed by atoms with van der Waals surface area (Å²) in [5, 5.41) is 0. The average Bonchev–Trinajstić information content (AvgIpc) is 2.18. The summed E-state index contributed by atoms with van der Waals surface area (Å²) in [6.07, 6.45) is 0.850. The summed E-state index contributed by atoms with van der Waals surface area (Å²) in [4.78, 5) is 12.6. The number of aldehydes is 1. The van der Waals surface area contributed by atoms with Gasteiger partial charge >= 0.3 is 0 Å². The monoisotopic (exact) mass is 177 g/mol. The Morgan fingerprint density at radius 1 is 1.54 bits per heavy atom. The zero-order valence-corrected chi connectivity index (χ0v) is 7.49. The maximum Gasteiger partial charge on any atom is 0.150 e. The minimum Gasteiger partial charge on any atom is -0.490 e. The van der Waals surface area contributed by atoms with Crippen LogP contribution in [0.1, 0.15) is 10.4 Å². The molecule has 0 unspecified atom stereocenters. The molecule has 68 valence electrons. The van der Waals surface area contributed by atoms with Crippen molar-refractivity contribution < 1.29 is 9.53 Å². The van der Waals surface area contributed by atoms with Crippen molar-refractivity contribution in [2.75, 3.05) is 25.1 Å². The van der Waals surface area contributed by atoms with Crippen LogP contribution in [0.3, 0.4) is 0 Å². The van der Waals surface area contributed by atoms with Gasteiger partial charge in [-0.1, -0.05) is 0 Å². The summed E-state index contributed by atoms with van der Waals surface area (Å²) in [7, 11) is 2.00. The van der Waals surface area contributed by atoms with Gasteiger partial charge in [0.25, 0.3) is 0 Å². The van der Waals surface area contributed by atoms with Crippen molar-refractivity contribution in [3.05, 3.63) is 23.8 Å². The fourth-order valence-corrected chi connectivity index (χ4v) is 1.44. The van der Waals surface area contributed by atoms with Gasteiger partial charge in [-0.3, -0.25) is 4.79 Å². The molecular weight excluding hydrogens is 166 g/mol. The molecule has 1 aliphatic heterocycles. The standard InChI is InChI=1S/C10H11NO2/c1-11-4-5-13-10-3-2-8(7-12)6-9(10)11/h2-3,6-7H,4-5H2,1H3. The molecule has 0 bridgehead atoms. The van der Waals surface area contributed by atoms with Crippen LogP contribution in [-0.4, -0.2) is 26.5 Å². The molecule has 1 aromatic rings. The van der Waals surface area contributed by atoms with Crippen LogP contribution in [0.5, 0.6) is 5.75 Å². The first-order valence-electron chi connectivity index (χ1n) is 4.24. The van der Waals surface area contributed by atoms with Crippen molar-refractivity contribution in [2.24, 2.45) is 0 Å². The van der Waals surface area contributed by atoms with E-state index in [0.717, 1.165) is 24.3 Å². The summed E-state index contributed by atoms with van der Waals surface area (Å²) in [5.41, 5.74) is 1.69. The number of hydrogen-bond donors (Lipinski definition) is 0. The van der Waals surface area contributed by atoms with E-state index < -0.39 is 0 Å². The maximum atomic E-state index is 10.5. The third kappa shape index (κ3) is 1.37. The fourth-order valence-electron chi connectivity index (χ4n) is 1.44. The molecule has 2 rings (SSSR count). The molecule has 0 saturated heterocycles. The molecule has 1 heterocycles. The lowest BCUT2D eigenvalue weighted by molar-refractivity contribution is 0.112. The number of benzene rings is 1. The normalized spacial score (nSPS) is 14.7. The van der Waals surface area contributed by atoms with Crippen LogP contribution in [0.2, 0.25) is 0 Å². The first-order valence-corrected chi connectivity index (χ1v) is 4.24. The Morgan fingerprint density at radius 2 is 2.38 bits per heavy atom. The minimum absolute atomic E-state index is 0.691. The van der Waals surface area contributed by atoms with E-state index in [0.29, 0.717) is 12.2 Å². The van der Waals surface area contributed by atoms with Crippen LogP contribution in [0, 0.1) is 0 Å². The SMILES string of the molecule is CN1CCOc2ccc(C=O)cc21. The molecule has 13 heavy (non-hydrogen) atoms. The molecule has 1 aliphatic rings. The number of rotatable bonds is 1. The Kier molecular flexibility index (Phi) is 1.93. The molecule has 0 spiro atoms. The lowest BCUT2D eigenvalue weighted by Gasteiger charge is -2.27. The first-order chi connectivity index (χ1) is 6.31. The predicted octanol–water partition coefficient (Wildman–Crippen LogP) is 1.33.